The summed E-state index contributed by atoms with van der Waals surface area (Å²) >= 11 is 0. The van der Waals surface area contributed by atoms with Gasteiger partial charge in [-0.1, -0.05) is 0 Å². The Hall–Kier alpha value is -1.56. The van der Waals surface area contributed by atoms with Gasteiger partial charge < -0.3 is 15.8 Å². The molecule has 6 heteroatoms. The van der Waals surface area contributed by atoms with E-state index in [9.17, 15) is 4.79 Å². The number of carbonyl (C=O) groups excluding carboxylic acids is 1. The number of nitrogens with zero attached hydrogens (tertiary/aromatic N) is 1. The van der Waals surface area contributed by atoms with Crippen molar-refractivity contribution in [2.24, 2.45) is 0 Å². The van der Waals surface area contributed by atoms with Crippen molar-refractivity contribution < 1.29 is 9.53 Å². The fourth-order valence-corrected chi connectivity index (χ4v) is 1.23. The highest BCUT2D eigenvalue weighted by Crippen LogP contribution is 2.06. The number of carbonyl (C=O) groups is 1. The Morgan fingerprint density at radius 2 is 2.40 bits per heavy atom. The lowest BCUT2D eigenvalue weighted by molar-refractivity contribution is 0.0815. The van der Waals surface area contributed by atoms with E-state index in [4.69, 9.17) is 10.5 Å². The molecule has 0 saturated carbocycles. The molecule has 6 nitrogen and oxygen atoms in total. The first-order valence-corrected chi connectivity index (χ1v) is 4.57. The minimum absolute atomic E-state index is 0.249. The third-order valence-electron chi connectivity index (χ3n) is 1.80. The Morgan fingerprint density at radius 1 is 1.73 bits per heavy atom. The van der Waals surface area contributed by atoms with Gasteiger partial charge in [0.15, 0.2) is 0 Å². The zero-order valence-electron chi connectivity index (χ0n) is 9.13. The van der Waals surface area contributed by atoms with Crippen molar-refractivity contribution in [2.45, 2.75) is 19.4 Å². The number of hydrogen-bond donors (Lipinski definition) is 3. The Balaban J connectivity index is 2.63. The zero-order valence-corrected chi connectivity index (χ0v) is 9.13. The van der Waals surface area contributed by atoms with Gasteiger partial charge in [0.2, 0.25) is 0 Å². The van der Waals surface area contributed by atoms with Gasteiger partial charge in [-0.25, -0.2) is 0 Å². The molecule has 0 fully saturated rings. The summed E-state index contributed by atoms with van der Waals surface area (Å²) in [4.78, 5) is 11.7. The quantitative estimate of drug-likeness (QED) is 0.662. The van der Waals surface area contributed by atoms with Crippen LogP contribution < -0.4 is 11.1 Å². The van der Waals surface area contributed by atoms with E-state index < -0.39 is 5.54 Å². The topological polar surface area (TPSA) is 93.0 Å². The summed E-state index contributed by atoms with van der Waals surface area (Å²) in [6.07, 6.45) is 0. The predicted octanol–water partition coefficient (Wildman–Crippen LogP) is 0.147. The number of aromatic nitrogens is 2. The van der Waals surface area contributed by atoms with E-state index in [0.29, 0.717) is 18.1 Å². The van der Waals surface area contributed by atoms with Crippen molar-refractivity contribution in [3.8, 4) is 0 Å². The predicted molar refractivity (Wildman–Crippen MR) is 56.4 cm³/mol. The smallest absolute Gasteiger partial charge is 0.269 e. The van der Waals surface area contributed by atoms with Crippen molar-refractivity contribution in [2.75, 3.05) is 19.5 Å². The van der Waals surface area contributed by atoms with Crippen molar-refractivity contribution in [3.05, 3.63) is 11.8 Å². The monoisotopic (exact) mass is 212 g/mol. The molecule has 0 aliphatic rings. The summed E-state index contributed by atoms with van der Waals surface area (Å²) in [6.45, 7) is 4.17. The van der Waals surface area contributed by atoms with Crippen LogP contribution in [-0.2, 0) is 4.74 Å². The summed E-state index contributed by atoms with van der Waals surface area (Å²) in [5.41, 5.74) is 5.31. The van der Waals surface area contributed by atoms with Crippen LogP contribution in [0.3, 0.4) is 0 Å². The highest BCUT2D eigenvalue weighted by atomic mass is 16.5. The number of hydrogen-bond acceptors (Lipinski definition) is 4. The van der Waals surface area contributed by atoms with E-state index >= 15 is 0 Å². The maximum absolute atomic E-state index is 11.7. The van der Waals surface area contributed by atoms with E-state index in [1.165, 1.54) is 6.07 Å². The number of methoxy groups -OCH3 is 1. The summed E-state index contributed by atoms with van der Waals surface area (Å²) < 4.78 is 4.98. The number of nitrogens with one attached hydrogen (secondary N) is 2. The molecule has 1 aromatic rings. The van der Waals surface area contributed by atoms with Gasteiger partial charge in [0.05, 0.1) is 12.1 Å². The lowest BCUT2D eigenvalue weighted by atomic mass is 10.1. The van der Waals surface area contributed by atoms with Gasteiger partial charge in [-0.05, 0) is 13.8 Å². The Morgan fingerprint density at radius 3 is 2.87 bits per heavy atom. The van der Waals surface area contributed by atoms with Crippen LogP contribution in [0.2, 0.25) is 0 Å². The average Bonchev–Trinajstić information content (AvgIpc) is 2.50. The van der Waals surface area contributed by atoms with Crippen molar-refractivity contribution in [3.63, 3.8) is 0 Å². The number of amides is 1. The van der Waals surface area contributed by atoms with Gasteiger partial charge in [-0.15, -0.1) is 0 Å². The summed E-state index contributed by atoms with van der Waals surface area (Å²) in [7, 11) is 1.59. The normalized spacial score (nSPS) is 11.4. The molecule has 1 amide bonds. The van der Waals surface area contributed by atoms with E-state index in [1.54, 1.807) is 7.11 Å². The molecule has 1 rings (SSSR count). The molecular formula is C9H16N4O2. The molecule has 4 N–H and O–H groups in total. The highest BCUT2D eigenvalue weighted by Gasteiger charge is 2.21. The Bertz CT molecular complexity index is 346. The number of rotatable bonds is 4. The number of nitrogens with two attached hydrogens (primary N) is 1. The number of aromatic amines is 1. The first-order valence-electron chi connectivity index (χ1n) is 4.57. The Kier molecular flexibility index (Phi) is 3.31. The third-order valence-corrected chi connectivity index (χ3v) is 1.80. The zero-order chi connectivity index (χ0) is 11.5. The molecule has 0 aliphatic carbocycles. The molecule has 0 radical (unpaired) electrons. The molecule has 0 saturated heterocycles. The molecule has 1 heterocycles. The molecule has 15 heavy (non-hydrogen) atoms. The molecule has 0 atom stereocenters. The van der Waals surface area contributed by atoms with Crippen molar-refractivity contribution in [1.29, 1.82) is 0 Å². The van der Waals surface area contributed by atoms with Crippen LogP contribution >= 0.6 is 0 Å². The second kappa shape index (κ2) is 4.31. The SMILES string of the molecule is COCC(C)(C)NC(=O)c1cc(N)n[nH]1. The third kappa shape index (κ3) is 3.25. The van der Waals surface area contributed by atoms with E-state index in [1.807, 2.05) is 13.8 Å². The van der Waals surface area contributed by atoms with Gasteiger partial charge in [-0.3, -0.25) is 9.89 Å². The largest absolute Gasteiger partial charge is 0.382 e. The highest BCUT2D eigenvalue weighted by molar-refractivity contribution is 5.93. The van der Waals surface area contributed by atoms with Gasteiger partial charge in [0.25, 0.3) is 5.91 Å². The van der Waals surface area contributed by atoms with E-state index in [2.05, 4.69) is 15.5 Å². The van der Waals surface area contributed by atoms with Gasteiger partial charge >= 0.3 is 0 Å². The second-order valence-electron chi connectivity index (χ2n) is 3.98. The lowest BCUT2D eigenvalue weighted by Gasteiger charge is -2.24. The summed E-state index contributed by atoms with van der Waals surface area (Å²) in [6, 6.07) is 1.48. The van der Waals surface area contributed by atoms with Crippen molar-refractivity contribution >= 4 is 11.7 Å². The maximum Gasteiger partial charge on any atom is 0.269 e. The van der Waals surface area contributed by atoms with E-state index in [-0.39, 0.29) is 5.91 Å². The number of ether oxygens (including phenoxy) is 1. The van der Waals surface area contributed by atoms with Crippen molar-refractivity contribution in [1.82, 2.24) is 15.5 Å². The molecule has 0 bridgehead atoms. The van der Waals surface area contributed by atoms with Gasteiger partial charge in [-0.2, -0.15) is 5.10 Å². The average molecular weight is 212 g/mol. The minimum atomic E-state index is -0.425. The number of anilines is 1. The van der Waals surface area contributed by atoms with Crippen LogP contribution in [0.15, 0.2) is 6.07 Å². The van der Waals surface area contributed by atoms with Gasteiger partial charge in [0, 0.05) is 13.2 Å². The molecular weight excluding hydrogens is 196 g/mol. The van der Waals surface area contributed by atoms with Gasteiger partial charge in [0.1, 0.15) is 11.5 Å². The van der Waals surface area contributed by atoms with Crippen LogP contribution in [0.1, 0.15) is 24.3 Å². The molecule has 84 valence electrons. The van der Waals surface area contributed by atoms with Crippen LogP contribution in [0, 0.1) is 0 Å². The summed E-state index contributed by atoms with van der Waals surface area (Å²) in [5, 5.41) is 9.01. The summed E-state index contributed by atoms with van der Waals surface area (Å²) in [5.74, 6) is 0.0472. The molecule has 0 aromatic carbocycles. The fourth-order valence-electron chi connectivity index (χ4n) is 1.23. The van der Waals surface area contributed by atoms with E-state index in [0.717, 1.165) is 0 Å². The van der Waals surface area contributed by atoms with Crippen LogP contribution in [-0.4, -0.2) is 35.4 Å². The number of H-pyrrole nitrogens is 1. The Labute approximate surface area is 88.2 Å². The molecule has 1 aromatic heterocycles. The first-order chi connectivity index (χ1) is 6.94. The maximum atomic E-state index is 11.7. The lowest BCUT2D eigenvalue weighted by Crippen LogP contribution is -2.46. The van der Waals surface area contributed by atoms with Crippen LogP contribution in [0.25, 0.3) is 0 Å². The van der Waals surface area contributed by atoms with Crippen LogP contribution in [0.5, 0.6) is 0 Å². The number of nitrogen functional groups attached to an aromatic ring is 1. The molecule has 0 spiro atoms. The second-order valence-corrected chi connectivity index (χ2v) is 3.98. The standard InChI is InChI=1S/C9H16N4O2/c1-9(2,5-15-3)11-8(14)6-4-7(10)13-12-6/h4H,5H2,1-3H3,(H,11,14)(H3,10,12,13). The minimum Gasteiger partial charge on any atom is -0.382 e. The van der Waals surface area contributed by atoms with Crippen LogP contribution in [0.4, 0.5) is 5.82 Å². The molecule has 0 unspecified atom stereocenters. The first kappa shape index (κ1) is 11.5. The molecule has 0 aliphatic heterocycles. The fraction of sp³-hybridized carbons (Fsp3) is 0.556.